The highest BCUT2D eigenvalue weighted by molar-refractivity contribution is 5.78. The first kappa shape index (κ1) is 21.6. The predicted octanol–water partition coefficient (Wildman–Crippen LogP) is 1.42. The second-order valence-electron chi connectivity index (χ2n) is 6.02. The van der Waals surface area contributed by atoms with Gasteiger partial charge in [-0.05, 0) is 38.0 Å². The van der Waals surface area contributed by atoms with Gasteiger partial charge in [-0.15, -0.1) is 0 Å². The molecule has 1 heterocycles. The van der Waals surface area contributed by atoms with Crippen LogP contribution in [0.2, 0.25) is 0 Å². The maximum Gasteiger partial charge on any atom is 0.328 e. The van der Waals surface area contributed by atoms with Crippen molar-refractivity contribution in [1.29, 1.82) is 0 Å². The van der Waals surface area contributed by atoms with E-state index in [4.69, 9.17) is 18.9 Å². The van der Waals surface area contributed by atoms with Crippen molar-refractivity contribution in [2.24, 2.45) is 0 Å². The number of nitrogens with one attached hydrogen (secondary N) is 1. The van der Waals surface area contributed by atoms with Gasteiger partial charge in [0.05, 0.1) is 30.7 Å². The number of carbonyl (C=O) groups is 1. The molecule has 0 spiro atoms. The van der Waals surface area contributed by atoms with Gasteiger partial charge in [-0.1, -0.05) is 0 Å². The molecule has 0 bridgehead atoms. The lowest BCUT2D eigenvalue weighted by atomic mass is 10.2. The van der Waals surface area contributed by atoms with Crippen LogP contribution in [0.4, 0.5) is 0 Å². The molecule has 0 fully saturated rings. The fraction of sp³-hybridized carbons (Fsp3) is 0.526. The average Bonchev–Trinajstić information content (AvgIpc) is 2.67. The quantitative estimate of drug-likeness (QED) is 0.329. The van der Waals surface area contributed by atoms with E-state index in [1.165, 1.54) is 0 Å². The van der Waals surface area contributed by atoms with Crippen LogP contribution in [0.15, 0.2) is 27.8 Å². The lowest BCUT2D eigenvalue weighted by molar-refractivity contribution is -0.143. The number of hydrogen-bond acceptors (Lipinski definition) is 7. The minimum atomic E-state index is -0.481. The number of nitrogens with zero attached hydrogens (tertiary/aromatic N) is 1. The number of methoxy groups -OCH3 is 1. The lowest BCUT2D eigenvalue weighted by Gasteiger charge is -2.09. The van der Waals surface area contributed by atoms with Crippen LogP contribution in [0.1, 0.15) is 26.2 Å². The molecule has 1 N–H and O–H groups in total. The Labute approximate surface area is 162 Å². The summed E-state index contributed by atoms with van der Waals surface area (Å²) in [6.07, 6.45) is 1.30. The smallest absolute Gasteiger partial charge is 0.328 e. The zero-order valence-electron chi connectivity index (χ0n) is 16.2. The van der Waals surface area contributed by atoms with Crippen molar-refractivity contribution in [1.82, 2.24) is 9.55 Å². The highest BCUT2D eigenvalue weighted by atomic mass is 16.7. The van der Waals surface area contributed by atoms with Crippen LogP contribution < -0.4 is 16.0 Å². The predicted molar refractivity (Wildman–Crippen MR) is 103 cm³/mol. The van der Waals surface area contributed by atoms with Crippen molar-refractivity contribution >= 4 is 16.9 Å². The van der Waals surface area contributed by atoms with Gasteiger partial charge in [0.25, 0.3) is 5.56 Å². The SMILES string of the molecule is CCOC(=O)CCCCn1c(=O)[nH]c2ccc(OCOCCOC)cc2c1=O. The van der Waals surface area contributed by atoms with Gasteiger partial charge in [0.15, 0.2) is 6.79 Å². The van der Waals surface area contributed by atoms with E-state index in [0.717, 1.165) is 4.57 Å². The first-order chi connectivity index (χ1) is 13.6. The van der Waals surface area contributed by atoms with Gasteiger partial charge in [-0.2, -0.15) is 0 Å². The molecule has 1 aromatic heterocycles. The van der Waals surface area contributed by atoms with Gasteiger partial charge in [0.2, 0.25) is 0 Å². The summed E-state index contributed by atoms with van der Waals surface area (Å²) >= 11 is 0. The van der Waals surface area contributed by atoms with Crippen LogP contribution in [-0.2, 0) is 25.5 Å². The topological polar surface area (TPSA) is 109 Å². The normalized spacial score (nSPS) is 10.9. The largest absolute Gasteiger partial charge is 0.468 e. The van der Waals surface area contributed by atoms with Crippen molar-refractivity contribution in [3.05, 3.63) is 39.0 Å². The van der Waals surface area contributed by atoms with Gasteiger partial charge < -0.3 is 23.9 Å². The first-order valence-corrected chi connectivity index (χ1v) is 9.18. The van der Waals surface area contributed by atoms with Gasteiger partial charge >= 0.3 is 11.7 Å². The molecule has 154 valence electrons. The number of fused-ring (bicyclic) bond motifs is 1. The number of ether oxygens (including phenoxy) is 4. The molecule has 9 nitrogen and oxygen atoms in total. The molecule has 0 saturated carbocycles. The summed E-state index contributed by atoms with van der Waals surface area (Å²) in [4.78, 5) is 38.9. The average molecular weight is 394 g/mol. The monoisotopic (exact) mass is 394 g/mol. The third-order valence-electron chi connectivity index (χ3n) is 4.01. The molecule has 2 rings (SSSR count). The minimum absolute atomic E-state index is 0.0280. The number of rotatable bonds is 12. The molecule has 9 heteroatoms. The van der Waals surface area contributed by atoms with E-state index in [9.17, 15) is 14.4 Å². The number of unbranched alkanes of at least 4 members (excludes halogenated alkanes) is 1. The van der Waals surface area contributed by atoms with E-state index in [1.807, 2.05) is 0 Å². The maximum absolute atomic E-state index is 12.7. The highest BCUT2D eigenvalue weighted by Gasteiger charge is 2.09. The maximum atomic E-state index is 12.7. The molecule has 1 aromatic carbocycles. The van der Waals surface area contributed by atoms with Crippen LogP contribution >= 0.6 is 0 Å². The molecule has 0 radical (unpaired) electrons. The summed E-state index contributed by atoms with van der Waals surface area (Å²) in [5, 5.41) is 0.347. The summed E-state index contributed by atoms with van der Waals surface area (Å²) in [6.45, 7) is 3.19. The second-order valence-corrected chi connectivity index (χ2v) is 6.02. The van der Waals surface area contributed by atoms with E-state index in [-0.39, 0.29) is 25.7 Å². The first-order valence-electron chi connectivity index (χ1n) is 9.18. The van der Waals surface area contributed by atoms with Crippen LogP contribution in [0, 0.1) is 0 Å². The van der Waals surface area contributed by atoms with Gasteiger partial charge in [0, 0.05) is 20.1 Å². The Balaban J connectivity index is 2.04. The number of carbonyl (C=O) groups excluding carboxylic acids is 1. The Hall–Kier alpha value is -2.65. The lowest BCUT2D eigenvalue weighted by Crippen LogP contribution is -2.35. The zero-order valence-corrected chi connectivity index (χ0v) is 16.2. The molecular formula is C19H26N2O7. The number of benzene rings is 1. The Morgan fingerprint density at radius 2 is 2.00 bits per heavy atom. The zero-order chi connectivity index (χ0) is 20.4. The van der Waals surface area contributed by atoms with Crippen molar-refractivity contribution in [3.63, 3.8) is 0 Å². The van der Waals surface area contributed by atoms with Crippen molar-refractivity contribution in [2.75, 3.05) is 33.7 Å². The third-order valence-corrected chi connectivity index (χ3v) is 4.01. The van der Waals surface area contributed by atoms with E-state index in [0.29, 0.717) is 49.3 Å². The second kappa shape index (κ2) is 11.3. The number of esters is 1. The van der Waals surface area contributed by atoms with Crippen molar-refractivity contribution in [3.8, 4) is 5.75 Å². The van der Waals surface area contributed by atoms with Crippen LogP contribution in [0.3, 0.4) is 0 Å². The Bertz CT molecular complexity index is 888. The van der Waals surface area contributed by atoms with Gasteiger partial charge in [-0.25, -0.2) is 4.79 Å². The summed E-state index contributed by atoms with van der Waals surface area (Å²) in [5.74, 6) is 0.180. The molecule has 0 atom stereocenters. The summed E-state index contributed by atoms with van der Waals surface area (Å²) in [6, 6.07) is 4.84. The van der Waals surface area contributed by atoms with Crippen LogP contribution in [0.25, 0.3) is 10.9 Å². The van der Waals surface area contributed by atoms with Gasteiger partial charge in [-0.3, -0.25) is 14.2 Å². The summed E-state index contributed by atoms with van der Waals surface area (Å²) in [5.41, 5.74) is -0.448. The molecular weight excluding hydrogens is 368 g/mol. The number of aromatic amines is 1. The van der Waals surface area contributed by atoms with Gasteiger partial charge in [0.1, 0.15) is 5.75 Å². The third kappa shape index (κ3) is 6.21. The Morgan fingerprint density at radius 1 is 1.18 bits per heavy atom. The number of aromatic nitrogens is 2. The molecule has 0 aliphatic carbocycles. The summed E-state index contributed by atoms with van der Waals surface area (Å²) in [7, 11) is 1.58. The van der Waals surface area contributed by atoms with E-state index < -0.39 is 11.2 Å². The fourth-order valence-corrected chi connectivity index (χ4v) is 2.61. The standard InChI is InChI=1S/C19H26N2O7/c1-3-27-17(22)6-4-5-9-21-18(23)15-12-14(28-13-26-11-10-25-2)7-8-16(15)20-19(21)24/h7-8,12H,3-6,9-11,13H2,1-2H3,(H,20,24). The molecule has 28 heavy (non-hydrogen) atoms. The molecule has 0 amide bonds. The van der Waals surface area contributed by atoms with E-state index in [1.54, 1.807) is 32.2 Å². The summed E-state index contributed by atoms with van der Waals surface area (Å²) < 4.78 is 21.6. The number of hydrogen-bond donors (Lipinski definition) is 1. The Kier molecular flexibility index (Phi) is 8.70. The fourth-order valence-electron chi connectivity index (χ4n) is 2.61. The van der Waals surface area contributed by atoms with E-state index in [2.05, 4.69) is 4.98 Å². The van der Waals surface area contributed by atoms with Crippen molar-refractivity contribution < 1.29 is 23.7 Å². The molecule has 0 aliphatic rings. The van der Waals surface area contributed by atoms with Crippen LogP contribution in [-0.4, -0.2) is 49.2 Å². The molecule has 0 saturated heterocycles. The Morgan fingerprint density at radius 3 is 2.75 bits per heavy atom. The number of H-pyrrole nitrogens is 1. The van der Waals surface area contributed by atoms with Crippen LogP contribution in [0.5, 0.6) is 5.75 Å². The molecule has 2 aromatic rings. The molecule has 0 unspecified atom stereocenters. The highest BCUT2D eigenvalue weighted by Crippen LogP contribution is 2.16. The molecule has 0 aliphatic heterocycles. The minimum Gasteiger partial charge on any atom is -0.468 e. The van der Waals surface area contributed by atoms with E-state index >= 15 is 0 Å². The van der Waals surface area contributed by atoms with Crippen molar-refractivity contribution in [2.45, 2.75) is 32.7 Å².